The van der Waals surface area contributed by atoms with Crippen LogP contribution in [-0.2, 0) is 16.6 Å². The van der Waals surface area contributed by atoms with Gasteiger partial charge in [0.2, 0.25) is 0 Å². The van der Waals surface area contributed by atoms with Crippen molar-refractivity contribution in [2.75, 3.05) is 0 Å². The zero-order valence-electron chi connectivity index (χ0n) is 16.6. The van der Waals surface area contributed by atoms with Crippen molar-refractivity contribution in [2.45, 2.75) is 18.4 Å². The van der Waals surface area contributed by atoms with Crippen LogP contribution >= 0.6 is 34.8 Å². The van der Waals surface area contributed by atoms with Crippen LogP contribution < -0.4 is 4.72 Å². The van der Waals surface area contributed by atoms with Crippen molar-refractivity contribution in [3.05, 3.63) is 92.7 Å². The second kappa shape index (κ2) is 8.75. The van der Waals surface area contributed by atoms with Gasteiger partial charge in [-0.05, 0) is 48.9 Å². The zero-order chi connectivity index (χ0) is 23.0. The van der Waals surface area contributed by atoms with Gasteiger partial charge in [0.05, 0.1) is 22.0 Å². The molecule has 3 aromatic carbocycles. The summed E-state index contributed by atoms with van der Waals surface area (Å²) < 4.78 is 29.0. The highest BCUT2D eigenvalue weighted by molar-refractivity contribution is 7.90. The molecule has 0 fully saturated rings. The first-order valence-electron chi connectivity index (χ1n) is 9.38. The van der Waals surface area contributed by atoms with Gasteiger partial charge in [-0.2, -0.15) is 0 Å². The van der Waals surface area contributed by atoms with Crippen molar-refractivity contribution in [1.29, 1.82) is 0 Å². The molecule has 1 aromatic heterocycles. The molecule has 0 saturated heterocycles. The van der Waals surface area contributed by atoms with Crippen molar-refractivity contribution >= 4 is 61.8 Å². The minimum absolute atomic E-state index is 0.0150. The fourth-order valence-electron chi connectivity index (χ4n) is 3.29. The van der Waals surface area contributed by atoms with Crippen molar-refractivity contribution < 1.29 is 13.2 Å². The van der Waals surface area contributed by atoms with Gasteiger partial charge in [0.15, 0.2) is 0 Å². The maximum atomic E-state index is 12.8. The number of aryl methyl sites for hydroxylation is 1. The number of nitrogens with zero attached hydrogens (tertiary/aromatic N) is 2. The lowest BCUT2D eigenvalue weighted by Gasteiger charge is -2.11. The second-order valence-electron chi connectivity index (χ2n) is 7.05. The van der Waals surface area contributed by atoms with Crippen LogP contribution in [-0.4, -0.2) is 23.9 Å². The maximum Gasteiger partial charge on any atom is 0.265 e. The van der Waals surface area contributed by atoms with E-state index in [4.69, 9.17) is 34.8 Å². The quantitative estimate of drug-likeness (QED) is 0.387. The van der Waals surface area contributed by atoms with Gasteiger partial charge < -0.3 is 4.57 Å². The molecule has 0 radical (unpaired) electrons. The molecule has 0 unspecified atom stereocenters. The number of nitrogens with one attached hydrogen (secondary N) is 1. The summed E-state index contributed by atoms with van der Waals surface area (Å²) in [5.74, 6) is -0.144. The number of carbonyl (C=O) groups is 1. The number of amides is 1. The first kappa shape index (κ1) is 22.6. The Labute approximate surface area is 199 Å². The molecule has 10 heteroatoms. The summed E-state index contributed by atoms with van der Waals surface area (Å²) in [6.07, 6.45) is 0. The average molecular weight is 509 g/mol. The highest BCUT2D eigenvalue weighted by atomic mass is 35.5. The molecule has 0 aliphatic carbocycles. The Morgan fingerprint density at radius 1 is 1.00 bits per heavy atom. The second-order valence-corrected chi connectivity index (χ2v) is 9.99. The van der Waals surface area contributed by atoms with Gasteiger partial charge in [0.25, 0.3) is 15.9 Å². The number of imidazole rings is 1. The van der Waals surface area contributed by atoms with E-state index in [1.54, 1.807) is 49.4 Å². The molecule has 0 bridgehead atoms. The van der Waals surface area contributed by atoms with Crippen LogP contribution in [0.5, 0.6) is 0 Å². The molecular weight excluding hydrogens is 493 g/mol. The maximum absolute atomic E-state index is 12.8. The number of aromatic nitrogens is 2. The Morgan fingerprint density at radius 2 is 1.72 bits per heavy atom. The minimum Gasteiger partial charge on any atom is -0.324 e. The summed E-state index contributed by atoms with van der Waals surface area (Å²) in [5, 5.41) is 1.24. The number of carbonyl (C=O) groups excluding carboxylic acids is 1. The molecule has 0 aliphatic heterocycles. The lowest BCUT2D eigenvalue weighted by Crippen LogP contribution is -2.30. The van der Waals surface area contributed by atoms with E-state index in [-0.39, 0.29) is 15.5 Å². The molecule has 164 valence electrons. The van der Waals surface area contributed by atoms with E-state index in [1.807, 2.05) is 4.57 Å². The van der Waals surface area contributed by atoms with E-state index in [0.29, 0.717) is 33.4 Å². The summed E-state index contributed by atoms with van der Waals surface area (Å²) in [5.41, 5.74) is 1.96. The Hall–Kier alpha value is -2.58. The van der Waals surface area contributed by atoms with Gasteiger partial charge in [-0.3, -0.25) is 4.79 Å². The Balaban J connectivity index is 1.72. The Kier molecular flexibility index (Phi) is 6.18. The Morgan fingerprint density at radius 3 is 2.41 bits per heavy atom. The van der Waals surface area contributed by atoms with Crippen molar-refractivity contribution in [3.8, 4) is 0 Å². The molecule has 1 N–H and O–H groups in total. The van der Waals surface area contributed by atoms with Gasteiger partial charge in [-0.15, -0.1) is 0 Å². The van der Waals surface area contributed by atoms with Gasteiger partial charge in [0, 0.05) is 15.6 Å². The molecule has 0 aliphatic rings. The fourth-order valence-corrected chi connectivity index (χ4v) is 5.01. The third-order valence-corrected chi connectivity index (χ3v) is 7.11. The largest absolute Gasteiger partial charge is 0.324 e. The zero-order valence-corrected chi connectivity index (χ0v) is 19.7. The first-order chi connectivity index (χ1) is 15.2. The van der Waals surface area contributed by atoms with Crippen molar-refractivity contribution in [1.82, 2.24) is 14.3 Å². The average Bonchev–Trinajstić information content (AvgIpc) is 3.06. The predicted molar refractivity (Wildman–Crippen MR) is 126 cm³/mol. The highest BCUT2D eigenvalue weighted by Gasteiger charge is 2.21. The topological polar surface area (TPSA) is 81.1 Å². The highest BCUT2D eigenvalue weighted by Crippen LogP contribution is 2.29. The normalized spacial score (nSPS) is 11.6. The van der Waals surface area contributed by atoms with Crippen LogP contribution in [0, 0.1) is 6.92 Å². The molecule has 32 heavy (non-hydrogen) atoms. The van der Waals surface area contributed by atoms with E-state index in [1.165, 1.54) is 18.2 Å². The van der Waals surface area contributed by atoms with E-state index < -0.39 is 15.9 Å². The molecule has 4 aromatic rings. The van der Waals surface area contributed by atoms with Crippen LogP contribution in [0.3, 0.4) is 0 Å². The van der Waals surface area contributed by atoms with Crippen LogP contribution in [0.25, 0.3) is 11.0 Å². The number of rotatable bonds is 5. The third-order valence-electron chi connectivity index (χ3n) is 4.88. The number of sulfonamides is 1. The lowest BCUT2D eigenvalue weighted by atomic mass is 10.1. The van der Waals surface area contributed by atoms with Gasteiger partial charge in [-0.1, -0.05) is 59.1 Å². The molecule has 6 nitrogen and oxygen atoms in total. The molecule has 0 spiro atoms. The van der Waals surface area contributed by atoms with E-state index >= 15 is 0 Å². The fraction of sp³-hybridized carbons (Fsp3) is 0.0909. The molecule has 4 rings (SSSR count). The van der Waals surface area contributed by atoms with Crippen LogP contribution in [0.4, 0.5) is 0 Å². The van der Waals surface area contributed by atoms with Gasteiger partial charge in [0.1, 0.15) is 11.3 Å². The Bertz CT molecular complexity index is 1450. The van der Waals surface area contributed by atoms with Crippen LogP contribution in [0.15, 0.2) is 65.6 Å². The minimum atomic E-state index is -4.03. The van der Waals surface area contributed by atoms with E-state index in [2.05, 4.69) is 9.71 Å². The predicted octanol–water partition coefficient (Wildman–Crippen LogP) is 5.47. The summed E-state index contributed by atoms with van der Waals surface area (Å²) in [4.78, 5) is 17.3. The smallest absolute Gasteiger partial charge is 0.265 e. The third kappa shape index (κ3) is 4.47. The number of benzene rings is 3. The first-order valence-corrected chi connectivity index (χ1v) is 12.0. The number of hydrogen-bond donors (Lipinski definition) is 1. The van der Waals surface area contributed by atoms with E-state index in [9.17, 15) is 13.2 Å². The summed E-state index contributed by atoms with van der Waals surface area (Å²) in [7, 11) is -4.03. The van der Waals surface area contributed by atoms with Crippen molar-refractivity contribution in [3.63, 3.8) is 0 Å². The molecular formula is C22H16Cl3N3O3S. The molecule has 1 heterocycles. The molecule has 0 atom stereocenters. The van der Waals surface area contributed by atoms with E-state index in [0.717, 1.165) is 5.56 Å². The number of halogens is 3. The summed E-state index contributed by atoms with van der Waals surface area (Å²) in [6, 6.07) is 15.8. The molecule has 1 amide bonds. The summed E-state index contributed by atoms with van der Waals surface area (Å²) in [6.45, 7) is 2.17. The van der Waals surface area contributed by atoms with Crippen LogP contribution in [0.1, 0.15) is 21.7 Å². The number of hydrogen-bond acceptors (Lipinski definition) is 4. The summed E-state index contributed by atoms with van der Waals surface area (Å²) >= 11 is 18.7. The number of fused-ring (bicyclic) bond motifs is 1. The van der Waals surface area contributed by atoms with Gasteiger partial charge in [-0.25, -0.2) is 18.1 Å². The standard InChI is InChI=1S/C22H16Cl3N3O3S/c1-13-26-21-19(25)9-15(22(29)27-32(30,31)17-5-3-2-4-6-17)10-20(21)28(13)12-14-7-8-16(23)11-18(14)24/h2-11H,12H2,1H3,(H,27,29). The lowest BCUT2D eigenvalue weighted by molar-refractivity contribution is 0.0981. The SMILES string of the molecule is Cc1nc2c(Cl)cc(C(=O)NS(=O)(=O)c3ccccc3)cc2n1Cc1ccc(Cl)cc1Cl. The van der Waals surface area contributed by atoms with Crippen LogP contribution in [0.2, 0.25) is 15.1 Å². The van der Waals surface area contributed by atoms with Gasteiger partial charge >= 0.3 is 0 Å². The van der Waals surface area contributed by atoms with Crippen molar-refractivity contribution in [2.24, 2.45) is 0 Å². The molecule has 0 saturated carbocycles. The monoisotopic (exact) mass is 507 g/mol.